The van der Waals surface area contributed by atoms with Gasteiger partial charge in [0.2, 0.25) is 0 Å². The molecule has 1 amide bonds. The van der Waals surface area contributed by atoms with E-state index in [2.05, 4.69) is 15.3 Å². The van der Waals surface area contributed by atoms with Crippen LogP contribution in [-0.2, 0) is 6.54 Å². The van der Waals surface area contributed by atoms with Crippen LogP contribution in [0.1, 0.15) is 21.5 Å². The maximum atomic E-state index is 12.8. The third-order valence-corrected chi connectivity index (χ3v) is 6.69. The van der Waals surface area contributed by atoms with Gasteiger partial charge in [0, 0.05) is 41.4 Å². The molecule has 0 atom stereocenters. The van der Waals surface area contributed by atoms with Gasteiger partial charge >= 0.3 is 0 Å². The second kappa shape index (κ2) is 10.7. The zero-order chi connectivity index (χ0) is 27.5. The van der Waals surface area contributed by atoms with E-state index >= 15 is 0 Å². The number of H-pyrrole nitrogens is 1. The van der Waals surface area contributed by atoms with Crippen LogP contribution in [0.5, 0.6) is 5.88 Å². The third-order valence-electron chi connectivity index (χ3n) is 6.69. The first-order valence-electron chi connectivity index (χ1n) is 12.8. The highest BCUT2D eigenvalue weighted by Gasteiger charge is 2.15. The van der Waals surface area contributed by atoms with E-state index in [9.17, 15) is 14.7 Å². The molecule has 0 spiro atoms. The Morgan fingerprint density at radius 1 is 1.02 bits per heavy atom. The fourth-order valence-electron chi connectivity index (χ4n) is 4.73. The van der Waals surface area contributed by atoms with Gasteiger partial charge in [0.25, 0.3) is 11.5 Å². The summed E-state index contributed by atoms with van der Waals surface area (Å²) in [6.07, 6.45) is 8.70. The molecular weight excluding hydrogens is 502 g/mol. The Balaban J connectivity index is 1.15. The molecule has 0 aliphatic rings. The second-order valence-corrected chi connectivity index (χ2v) is 9.37. The number of aromatic amines is 1. The maximum absolute atomic E-state index is 12.8. The van der Waals surface area contributed by atoms with Gasteiger partial charge in [0.05, 0.1) is 23.3 Å². The van der Waals surface area contributed by atoms with E-state index in [1.165, 1.54) is 10.6 Å². The lowest BCUT2D eigenvalue weighted by atomic mass is 10.1. The molecule has 0 bridgehead atoms. The largest absolute Gasteiger partial charge is 0.494 e. The van der Waals surface area contributed by atoms with Gasteiger partial charge in [-0.05, 0) is 47.5 Å². The molecule has 40 heavy (non-hydrogen) atoms. The van der Waals surface area contributed by atoms with Gasteiger partial charge in [0.1, 0.15) is 5.56 Å². The van der Waals surface area contributed by atoms with E-state index in [1.54, 1.807) is 30.7 Å². The summed E-state index contributed by atoms with van der Waals surface area (Å²) in [7, 11) is 0. The first-order chi connectivity index (χ1) is 19.6. The Bertz CT molecular complexity index is 1940. The van der Waals surface area contributed by atoms with Crippen LogP contribution >= 0.6 is 0 Å². The molecule has 4 aromatic heterocycles. The summed E-state index contributed by atoms with van der Waals surface area (Å²) in [4.78, 5) is 37.4. The minimum absolute atomic E-state index is 0.0585. The zero-order valence-corrected chi connectivity index (χ0v) is 21.4. The van der Waals surface area contributed by atoms with Crippen LogP contribution in [0.2, 0.25) is 0 Å². The number of aromatic hydroxyl groups is 1. The molecule has 8 heteroatoms. The molecule has 0 aliphatic heterocycles. The maximum Gasteiger partial charge on any atom is 0.263 e. The lowest BCUT2D eigenvalue weighted by Gasteiger charge is -2.08. The molecule has 3 N–H and O–H groups in total. The standard InChI is InChI=1S/C32H25N5O3/c38-30(25-9-5-17-37(32(25)40)20-22-7-3-15-33-19-22)34-16-4-6-21-11-13-24-28(18-21)36-31(39)29(24)27-14-12-23-8-1-2-10-26(23)35-27/h1-15,17-19,36,39H,16,20H2,(H,34,38)/b6-4+. The number of aromatic nitrogens is 4. The quantitative estimate of drug-likeness (QED) is 0.266. The van der Waals surface area contributed by atoms with Gasteiger partial charge in [-0.2, -0.15) is 0 Å². The van der Waals surface area contributed by atoms with E-state index in [0.29, 0.717) is 17.8 Å². The van der Waals surface area contributed by atoms with E-state index in [4.69, 9.17) is 4.98 Å². The summed E-state index contributed by atoms with van der Waals surface area (Å²) in [6.45, 7) is 0.582. The third kappa shape index (κ3) is 4.98. The van der Waals surface area contributed by atoms with Gasteiger partial charge in [-0.1, -0.05) is 54.6 Å². The molecule has 196 valence electrons. The predicted molar refractivity (Wildman–Crippen MR) is 156 cm³/mol. The van der Waals surface area contributed by atoms with Crippen molar-refractivity contribution in [3.63, 3.8) is 0 Å². The average molecular weight is 528 g/mol. The van der Waals surface area contributed by atoms with Crippen LogP contribution in [0.25, 0.3) is 39.1 Å². The van der Waals surface area contributed by atoms with Crippen molar-refractivity contribution in [1.29, 1.82) is 0 Å². The Morgan fingerprint density at radius 3 is 2.80 bits per heavy atom. The minimum atomic E-state index is -0.438. The molecule has 8 nitrogen and oxygen atoms in total. The Morgan fingerprint density at radius 2 is 1.93 bits per heavy atom. The number of nitrogens with zero attached hydrogens (tertiary/aromatic N) is 3. The number of para-hydroxylation sites is 1. The summed E-state index contributed by atoms with van der Waals surface area (Å²) >= 11 is 0. The Kier molecular flexibility index (Phi) is 6.64. The zero-order valence-electron chi connectivity index (χ0n) is 21.4. The van der Waals surface area contributed by atoms with Gasteiger partial charge < -0.3 is 20.0 Å². The normalized spacial score (nSPS) is 11.4. The smallest absolute Gasteiger partial charge is 0.263 e. The number of amides is 1. The molecule has 2 aromatic carbocycles. The first-order valence-corrected chi connectivity index (χ1v) is 12.8. The number of carbonyl (C=O) groups is 1. The predicted octanol–water partition coefficient (Wildman–Crippen LogP) is 5.14. The molecule has 0 radical (unpaired) electrons. The van der Waals surface area contributed by atoms with Crippen molar-refractivity contribution in [1.82, 2.24) is 24.8 Å². The van der Waals surface area contributed by atoms with Gasteiger partial charge in [-0.25, -0.2) is 4.98 Å². The minimum Gasteiger partial charge on any atom is -0.494 e. The number of hydrogen-bond donors (Lipinski definition) is 3. The topological polar surface area (TPSA) is 113 Å². The van der Waals surface area contributed by atoms with Crippen LogP contribution in [0.15, 0.2) is 108 Å². The molecule has 0 saturated heterocycles. The second-order valence-electron chi connectivity index (χ2n) is 9.37. The SMILES string of the molecule is O=C(NC/C=C/c1ccc2c(-c3ccc4ccccc4n3)c(O)[nH]c2c1)c1cccn(Cc2cccnc2)c1=O. The van der Waals surface area contributed by atoms with E-state index in [-0.39, 0.29) is 23.5 Å². The van der Waals surface area contributed by atoms with Crippen molar-refractivity contribution in [2.24, 2.45) is 0 Å². The lowest BCUT2D eigenvalue weighted by molar-refractivity contribution is 0.0956. The number of benzene rings is 2. The first kappa shape index (κ1) is 24.8. The van der Waals surface area contributed by atoms with Crippen LogP contribution in [0.4, 0.5) is 0 Å². The summed E-state index contributed by atoms with van der Waals surface area (Å²) in [6, 6.07) is 24.4. The molecule has 4 heterocycles. The number of carbonyl (C=O) groups excluding carboxylic acids is 1. The Labute approximate surface area is 229 Å². The molecular formula is C32H25N5O3. The molecule has 0 saturated carbocycles. The highest BCUT2D eigenvalue weighted by Crippen LogP contribution is 2.36. The fraction of sp³-hybridized carbons (Fsp3) is 0.0625. The molecule has 6 aromatic rings. The number of nitrogens with one attached hydrogen (secondary N) is 2. The average Bonchev–Trinajstić information content (AvgIpc) is 3.31. The van der Waals surface area contributed by atoms with Gasteiger partial charge in [0.15, 0.2) is 5.88 Å². The summed E-state index contributed by atoms with van der Waals surface area (Å²) < 4.78 is 1.49. The van der Waals surface area contributed by atoms with Crippen molar-refractivity contribution in [3.8, 4) is 17.1 Å². The number of rotatable bonds is 7. The lowest BCUT2D eigenvalue weighted by Crippen LogP contribution is -2.33. The van der Waals surface area contributed by atoms with Crippen molar-refractivity contribution >= 4 is 33.8 Å². The van der Waals surface area contributed by atoms with E-state index < -0.39 is 5.91 Å². The number of pyridine rings is 3. The van der Waals surface area contributed by atoms with E-state index in [0.717, 1.165) is 32.9 Å². The molecule has 6 rings (SSSR count). The van der Waals surface area contributed by atoms with Crippen molar-refractivity contribution in [2.45, 2.75) is 6.54 Å². The summed E-state index contributed by atoms with van der Waals surface area (Å²) in [5, 5.41) is 15.3. The number of hydrogen-bond acceptors (Lipinski definition) is 5. The molecule has 0 fully saturated rings. The number of fused-ring (bicyclic) bond motifs is 2. The van der Waals surface area contributed by atoms with Crippen LogP contribution in [0, 0.1) is 0 Å². The highest BCUT2D eigenvalue weighted by molar-refractivity contribution is 6.00. The van der Waals surface area contributed by atoms with Gasteiger partial charge in [-0.3, -0.25) is 14.6 Å². The monoisotopic (exact) mass is 527 g/mol. The van der Waals surface area contributed by atoms with Crippen LogP contribution < -0.4 is 10.9 Å². The molecule has 0 aliphatic carbocycles. The van der Waals surface area contributed by atoms with Crippen molar-refractivity contribution in [3.05, 3.63) is 131 Å². The van der Waals surface area contributed by atoms with Crippen molar-refractivity contribution < 1.29 is 9.90 Å². The molecule has 0 unspecified atom stereocenters. The fourth-order valence-corrected chi connectivity index (χ4v) is 4.73. The van der Waals surface area contributed by atoms with Crippen LogP contribution in [0.3, 0.4) is 0 Å². The summed E-state index contributed by atoms with van der Waals surface area (Å²) in [5.41, 5.74) is 4.46. The van der Waals surface area contributed by atoms with E-state index in [1.807, 2.05) is 72.8 Å². The van der Waals surface area contributed by atoms with Crippen LogP contribution in [-0.4, -0.2) is 37.1 Å². The highest BCUT2D eigenvalue weighted by atomic mass is 16.3. The van der Waals surface area contributed by atoms with Crippen molar-refractivity contribution in [2.75, 3.05) is 6.54 Å². The Hall–Kier alpha value is -5.50. The summed E-state index contributed by atoms with van der Waals surface area (Å²) in [5.74, 6) is -0.379. The van der Waals surface area contributed by atoms with Gasteiger partial charge in [-0.15, -0.1) is 0 Å².